The standard InChI is InChI=1S/C17H16ClN3/c1-11-7-17(15-9-14(19)5-6-16(15)21-11)20-10-12-3-2-4-13(18)8-12/h2-9H,10,19H2,1H3,(H,20,21). The van der Waals surface area contributed by atoms with Crippen LogP contribution in [0, 0.1) is 6.92 Å². The van der Waals surface area contributed by atoms with Crippen molar-refractivity contribution in [2.24, 2.45) is 0 Å². The number of halogens is 1. The molecule has 4 heteroatoms. The van der Waals surface area contributed by atoms with Crippen LogP contribution in [0.4, 0.5) is 11.4 Å². The molecule has 1 aromatic heterocycles. The first-order chi connectivity index (χ1) is 10.1. The van der Waals surface area contributed by atoms with Crippen molar-refractivity contribution in [3.05, 3.63) is 64.8 Å². The number of nitrogens with one attached hydrogen (secondary N) is 1. The number of hydrogen-bond acceptors (Lipinski definition) is 3. The molecule has 0 atom stereocenters. The van der Waals surface area contributed by atoms with E-state index in [9.17, 15) is 0 Å². The zero-order chi connectivity index (χ0) is 14.8. The second-order valence-corrected chi connectivity index (χ2v) is 5.51. The average Bonchev–Trinajstić information content (AvgIpc) is 2.45. The summed E-state index contributed by atoms with van der Waals surface area (Å²) in [6, 6.07) is 15.6. The number of nitrogens with zero attached hydrogens (tertiary/aromatic N) is 1. The highest BCUT2D eigenvalue weighted by atomic mass is 35.5. The molecule has 3 rings (SSSR count). The predicted octanol–water partition coefficient (Wildman–Crippen LogP) is 4.39. The van der Waals surface area contributed by atoms with Gasteiger partial charge in [0.1, 0.15) is 0 Å². The van der Waals surface area contributed by atoms with Gasteiger partial charge >= 0.3 is 0 Å². The summed E-state index contributed by atoms with van der Waals surface area (Å²) in [5.74, 6) is 0. The molecule has 1 heterocycles. The second kappa shape index (κ2) is 5.62. The van der Waals surface area contributed by atoms with E-state index in [2.05, 4.69) is 10.3 Å². The number of pyridine rings is 1. The number of aryl methyl sites for hydroxylation is 1. The fourth-order valence-electron chi connectivity index (χ4n) is 2.37. The van der Waals surface area contributed by atoms with Crippen molar-refractivity contribution in [3.8, 4) is 0 Å². The highest BCUT2D eigenvalue weighted by Gasteiger charge is 2.05. The first-order valence-electron chi connectivity index (χ1n) is 6.77. The van der Waals surface area contributed by atoms with Gasteiger partial charge in [-0.05, 0) is 48.9 Å². The molecule has 3 nitrogen and oxygen atoms in total. The molecule has 3 aromatic rings. The maximum atomic E-state index is 6.01. The molecule has 0 aliphatic carbocycles. The summed E-state index contributed by atoms with van der Waals surface area (Å²) >= 11 is 6.01. The lowest BCUT2D eigenvalue weighted by Gasteiger charge is -2.11. The molecule has 0 bridgehead atoms. The third kappa shape index (κ3) is 3.09. The SMILES string of the molecule is Cc1cc(NCc2cccc(Cl)c2)c2cc(N)ccc2n1. The van der Waals surface area contributed by atoms with E-state index in [1.54, 1.807) is 0 Å². The van der Waals surface area contributed by atoms with Gasteiger partial charge in [-0.3, -0.25) is 4.98 Å². The van der Waals surface area contributed by atoms with Crippen molar-refractivity contribution in [3.63, 3.8) is 0 Å². The molecule has 0 amide bonds. The summed E-state index contributed by atoms with van der Waals surface area (Å²) in [5.41, 5.74) is 10.7. The number of hydrogen-bond donors (Lipinski definition) is 2. The lowest BCUT2D eigenvalue weighted by molar-refractivity contribution is 1.14. The summed E-state index contributed by atoms with van der Waals surface area (Å²) in [5, 5.41) is 5.22. The number of fused-ring (bicyclic) bond motifs is 1. The molecule has 0 radical (unpaired) electrons. The average molecular weight is 298 g/mol. The molecular weight excluding hydrogens is 282 g/mol. The van der Waals surface area contributed by atoms with Crippen LogP contribution in [0.3, 0.4) is 0 Å². The molecule has 3 N–H and O–H groups in total. The number of benzene rings is 2. The molecule has 0 aliphatic heterocycles. The maximum absolute atomic E-state index is 6.01. The molecule has 2 aromatic carbocycles. The van der Waals surface area contributed by atoms with E-state index >= 15 is 0 Å². The number of rotatable bonds is 3. The van der Waals surface area contributed by atoms with Crippen LogP contribution >= 0.6 is 11.6 Å². The normalized spacial score (nSPS) is 10.8. The van der Waals surface area contributed by atoms with Crippen LogP contribution in [0.5, 0.6) is 0 Å². The van der Waals surface area contributed by atoms with E-state index in [-0.39, 0.29) is 0 Å². The first kappa shape index (κ1) is 13.7. The molecule has 106 valence electrons. The Morgan fingerprint density at radius 1 is 1.14 bits per heavy atom. The third-order valence-electron chi connectivity index (χ3n) is 3.33. The minimum atomic E-state index is 0.702. The van der Waals surface area contributed by atoms with Gasteiger partial charge in [0.2, 0.25) is 0 Å². The fraction of sp³-hybridized carbons (Fsp3) is 0.118. The maximum Gasteiger partial charge on any atom is 0.0727 e. The van der Waals surface area contributed by atoms with Crippen LogP contribution in [0.25, 0.3) is 10.9 Å². The highest BCUT2D eigenvalue weighted by molar-refractivity contribution is 6.30. The van der Waals surface area contributed by atoms with Crippen LogP contribution in [0.2, 0.25) is 5.02 Å². The van der Waals surface area contributed by atoms with Crippen molar-refractivity contribution in [1.29, 1.82) is 0 Å². The second-order valence-electron chi connectivity index (χ2n) is 5.07. The molecule has 0 saturated carbocycles. The van der Waals surface area contributed by atoms with Gasteiger partial charge in [0.25, 0.3) is 0 Å². The van der Waals surface area contributed by atoms with Gasteiger partial charge < -0.3 is 11.1 Å². The van der Waals surface area contributed by atoms with Crippen LogP contribution in [-0.2, 0) is 6.54 Å². The first-order valence-corrected chi connectivity index (χ1v) is 7.15. The molecule has 0 spiro atoms. The Bertz CT molecular complexity index is 799. The number of nitrogens with two attached hydrogens (primary N) is 1. The topological polar surface area (TPSA) is 50.9 Å². The van der Waals surface area contributed by atoms with Crippen LogP contribution in [0.1, 0.15) is 11.3 Å². The van der Waals surface area contributed by atoms with Crippen molar-refractivity contribution < 1.29 is 0 Å². The van der Waals surface area contributed by atoms with Gasteiger partial charge in [0.05, 0.1) is 5.52 Å². The largest absolute Gasteiger partial charge is 0.399 e. The Labute approximate surface area is 128 Å². The zero-order valence-electron chi connectivity index (χ0n) is 11.7. The zero-order valence-corrected chi connectivity index (χ0v) is 12.5. The van der Waals surface area contributed by atoms with E-state index in [4.69, 9.17) is 17.3 Å². The van der Waals surface area contributed by atoms with Gasteiger partial charge in [0, 0.05) is 34.0 Å². The summed E-state index contributed by atoms with van der Waals surface area (Å²) in [6.07, 6.45) is 0. The lowest BCUT2D eigenvalue weighted by Crippen LogP contribution is -2.01. The van der Waals surface area contributed by atoms with Gasteiger partial charge in [0.15, 0.2) is 0 Å². The molecular formula is C17H16ClN3. The van der Waals surface area contributed by atoms with Crippen LogP contribution in [0.15, 0.2) is 48.5 Å². The Morgan fingerprint density at radius 3 is 2.81 bits per heavy atom. The molecule has 0 unspecified atom stereocenters. The van der Waals surface area contributed by atoms with E-state index in [1.165, 1.54) is 0 Å². The number of aromatic nitrogens is 1. The summed E-state index contributed by atoms with van der Waals surface area (Å²) in [7, 11) is 0. The van der Waals surface area contributed by atoms with Gasteiger partial charge in [-0.25, -0.2) is 0 Å². The molecule has 0 aliphatic rings. The van der Waals surface area contributed by atoms with E-state index in [0.717, 1.165) is 38.6 Å². The van der Waals surface area contributed by atoms with Crippen molar-refractivity contribution in [1.82, 2.24) is 4.98 Å². The molecule has 21 heavy (non-hydrogen) atoms. The van der Waals surface area contributed by atoms with Gasteiger partial charge in [-0.1, -0.05) is 23.7 Å². The fourth-order valence-corrected chi connectivity index (χ4v) is 2.58. The minimum absolute atomic E-state index is 0.702. The molecule has 0 fully saturated rings. The lowest BCUT2D eigenvalue weighted by atomic mass is 10.1. The monoisotopic (exact) mass is 297 g/mol. The Hall–Kier alpha value is -2.26. The number of anilines is 2. The molecule has 0 saturated heterocycles. The third-order valence-corrected chi connectivity index (χ3v) is 3.57. The highest BCUT2D eigenvalue weighted by Crippen LogP contribution is 2.26. The van der Waals surface area contributed by atoms with Crippen molar-refractivity contribution >= 4 is 33.9 Å². The Morgan fingerprint density at radius 2 is 2.00 bits per heavy atom. The van der Waals surface area contributed by atoms with E-state index in [1.807, 2.05) is 55.5 Å². The van der Waals surface area contributed by atoms with Crippen molar-refractivity contribution in [2.45, 2.75) is 13.5 Å². The van der Waals surface area contributed by atoms with Crippen molar-refractivity contribution in [2.75, 3.05) is 11.1 Å². The van der Waals surface area contributed by atoms with Crippen LogP contribution < -0.4 is 11.1 Å². The Balaban J connectivity index is 1.94. The minimum Gasteiger partial charge on any atom is -0.399 e. The summed E-state index contributed by atoms with van der Waals surface area (Å²) < 4.78 is 0. The van der Waals surface area contributed by atoms with Crippen LogP contribution in [-0.4, -0.2) is 4.98 Å². The van der Waals surface area contributed by atoms with E-state index < -0.39 is 0 Å². The summed E-state index contributed by atoms with van der Waals surface area (Å²) in [4.78, 5) is 4.53. The van der Waals surface area contributed by atoms with E-state index in [0.29, 0.717) is 6.54 Å². The smallest absolute Gasteiger partial charge is 0.0727 e. The summed E-state index contributed by atoms with van der Waals surface area (Å²) in [6.45, 7) is 2.69. The Kier molecular flexibility index (Phi) is 3.67. The van der Waals surface area contributed by atoms with Gasteiger partial charge in [-0.2, -0.15) is 0 Å². The van der Waals surface area contributed by atoms with Gasteiger partial charge in [-0.15, -0.1) is 0 Å². The quantitative estimate of drug-likeness (QED) is 0.705. The predicted molar refractivity (Wildman–Crippen MR) is 89.7 cm³/mol. The number of nitrogen functional groups attached to an aromatic ring is 1.